The molecule has 1 fully saturated rings. The molecule has 0 aromatic heterocycles. The number of halogens is 1. The summed E-state index contributed by atoms with van der Waals surface area (Å²) in [6, 6.07) is 14.6. The van der Waals surface area contributed by atoms with Gasteiger partial charge in [-0.05, 0) is 0 Å². The van der Waals surface area contributed by atoms with E-state index in [1.807, 2.05) is 18.2 Å². The molecule has 0 atom stereocenters. The van der Waals surface area contributed by atoms with Crippen LogP contribution in [0.25, 0.3) is 0 Å². The quantitative estimate of drug-likeness (QED) is 0.551. The Balaban J connectivity index is 2.02. The molecule has 1 aliphatic rings. The van der Waals surface area contributed by atoms with Gasteiger partial charge in [-0.2, -0.15) is 0 Å². The third kappa shape index (κ3) is 3.80. The number of aryl methyl sites for hydroxylation is 1. The molecule has 1 heterocycles. The minimum atomic E-state index is -3.79. The second-order valence-electron chi connectivity index (χ2n) is 5.70. The van der Waals surface area contributed by atoms with E-state index >= 15 is 0 Å². The van der Waals surface area contributed by atoms with E-state index in [-0.39, 0.29) is 10.6 Å². The Kier molecular flexibility index (Phi) is 5.24. The monoisotopic (exact) mass is 457 g/mol. The van der Waals surface area contributed by atoms with Gasteiger partial charge >= 0.3 is 150 Å². The number of benzene rings is 2. The number of sulfonamides is 1. The Morgan fingerprint density at radius 1 is 1.08 bits per heavy atom. The Bertz CT molecular complexity index is 863. The number of phenolic OH excluding ortho intramolecular Hbond substituents is 1. The Hall–Kier alpha value is -1.41. The van der Waals surface area contributed by atoms with Crippen LogP contribution >= 0.6 is 19.8 Å². The zero-order valence-corrected chi connectivity index (χ0v) is 16.4. The first-order valence-corrected chi connectivity index (χ1v) is 12.9. The van der Waals surface area contributed by atoms with Gasteiger partial charge in [0.15, 0.2) is 0 Å². The van der Waals surface area contributed by atoms with Crippen molar-refractivity contribution in [1.82, 2.24) is 0 Å². The number of hydrogen-bond acceptors (Lipinski definition) is 3. The molecule has 0 bridgehead atoms. The maximum atomic E-state index is 12.8. The van der Waals surface area contributed by atoms with Crippen molar-refractivity contribution >= 4 is 33.6 Å². The van der Waals surface area contributed by atoms with Gasteiger partial charge in [0.05, 0.1) is 0 Å². The SMILES string of the molecule is Cc1ccc(O)cc1S(=O)(=O)N=C1CCCCI1c1ccccc1. The summed E-state index contributed by atoms with van der Waals surface area (Å²) in [6.45, 7) is 1.72. The molecule has 3 rings (SSSR count). The minimum absolute atomic E-state index is 0.0542. The van der Waals surface area contributed by atoms with Gasteiger partial charge in [0.2, 0.25) is 0 Å². The molecule has 0 amide bonds. The fourth-order valence-corrected chi connectivity index (χ4v) is 11.0. The summed E-state index contributed by atoms with van der Waals surface area (Å²) in [4.78, 5) is 0.101. The van der Waals surface area contributed by atoms with Crippen molar-refractivity contribution in [1.29, 1.82) is 0 Å². The molecule has 0 radical (unpaired) electrons. The first-order chi connectivity index (χ1) is 11.5. The summed E-state index contributed by atoms with van der Waals surface area (Å²) in [7, 11) is -3.79. The van der Waals surface area contributed by atoms with Crippen LogP contribution < -0.4 is 0 Å². The summed E-state index contributed by atoms with van der Waals surface area (Å²) in [5, 5.41) is 9.63. The van der Waals surface area contributed by atoms with E-state index in [2.05, 4.69) is 16.5 Å². The maximum absolute atomic E-state index is 12.8. The van der Waals surface area contributed by atoms with Crippen LogP contribution in [0, 0.1) is 10.5 Å². The van der Waals surface area contributed by atoms with Crippen molar-refractivity contribution in [3.05, 3.63) is 57.7 Å². The molecule has 24 heavy (non-hydrogen) atoms. The molecule has 128 valence electrons. The van der Waals surface area contributed by atoms with Crippen molar-refractivity contribution < 1.29 is 13.5 Å². The normalized spacial score (nSPS) is 18.7. The zero-order valence-electron chi connectivity index (χ0n) is 13.4. The van der Waals surface area contributed by atoms with Crippen molar-refractivity contribution in [2.45, 2.75) is 31.1 Å². The van der Waals surface area contributed by atoms with E-state index < -0.39 is 29.8 Å². The van der Waals surface area contributed by atoms with E-state index in [1.165, 1.54) is 15.7 Å². The molecule has 2 aromatic rings. The molecule has 6 heteroatoms. The summed E-state index contributed by atoms with van der Waals surface area (Å²) >= 11 is -1.75. The van der Waals surface area contributed by atoms with Gasteiger partial charge in [-0.1, -0.05) is 0 Å². The van der Waals surface area contributed by atoms with Crippen LogP contribution in [0.4, 0.5) is 0 Å². The van der Waals surface area contributed by atoms with Gasteiger partial charge in [0.1, 0.15) is 0 Å². The molecular weight excluding hydrogens is 437 g/mol. The van der Waals surface area contributed by atoms with E-state index in [4.69, 9.17) is 0 Å². The van der Waals surface area contributed by atoms with Crippen LogP contribution in [-0.2, 0) is 10.0 Å². The molecule has 2 aromatic carbocycles. The second kappa shape index (κ2) is 7.23. The Labute approximate surface area is 150 Å². The average molecular weight is 457 g/mol. The third-order valence-electron chi connectivity index (χ3n) is 3.88. The molecule has 1 N–H and O–H groups in total. The summed E-state index contributed by atoms with van der Waals surface area (Å²) in [5.41, 5.74) is 0.605. The molecule has 0 unspecified atom stereocenters. The van der Waals surface area contributed by atoms with Gasteiger partial charge in [0, 0.05) is 0 Å². The fraction of sp³-hybridized carbons (Fsp3) is 0.278. The molecule has 1 saturated heterocycles. The number of hydrogen-bond donors (Lipinski definition) is 1. The molecule has 0 spiro atoms. The van der Waals surface area contributed by atoms with Crippen LogP contribution in [0.5, 0.6) is 5.75 Å². The zero-order chi connectivity index (χ0) is 17.2. The van der Waals surface area contributed by atoms with Crippen LogP contribution in [0.3, 0.4) is 0 Å². The van der Waals surface area contributed by atoms with Crippen molar-refractivity contribution in [3.63, 3.8) is 0 Å². The molecule has 4 nitrogen and oxygen atoms in total. The first-order valence-electron chi connectivity index (χ1n) is 7.81. The standard InChI is InChI=1S/C18H20INO3S/c1-14-10-11-16(21)13-17(14)24(22,23)20-18-9-5-6-12-19(18)15-7-3-2-4-8-15/h2-4,7-8,10-11,13,21H,5-6,9,12H2,1H3. The topological polar surface area (TPSA) is 66.7 Å². The Morgan fingerprint density at radius 2 is 1.83 bits per heavy atom. The predicted molar refractivity (Wildman–Crippen MR) is 105 cm³/mol. The number of alkyl halides is 1. The van der Waals surface area contributed by atoms with Crippen molar-refractivity contribution in [3.8, 4) is 5.75 Å². The number of aromatic hydroxyl groups is 1. The van der Waals surface area contributed by atoms with Gasteiger partial charge in [0.25, 0.3) is 0 Å². The molecule has 0 saturated carbocycles. The number of phenols is 1. The summed E-state index contributed by atoms with van der Waals surface area (Å²) < 4.78 is 33.0. The Morgan fingerprint density at radius 3 is 2.58 bits per heavy atom. The van der Waals surface area contributed by atoms with E-state index in [9.17, 15) is 13.5 Å². The van der Waals surface area contributed by atoms with Crippen LogP contribution in [0.1, 0.15) is 24.8 Å². The van der Waals surface area contributed by atoms with Crippen LogP contribution in [0.2, 0.25) is 0 Å². The van der Waals surface area contributed by atoms with Gasteiger partial charge in [-0.25, -0.2) is 0 Å². The molecule has 0 aliphatic carbocycles. The van der Waals surface area contributed by atoms with Gasteiger partial charge in [-0.3, -0.25) is 0 Å². The van der Waals surface area contributed by atoms with Crippen molar-refractivity contribution in [2.24, 2.45) is 4.40 Å². The molecular formula is C18H20INO3S. The van der Waals surface area contributed by atoms with Crippen LogP contribution in [-0.4, -0.2) is 21.7 Å². The number of rotatable bonds is 3. The van der Waals surface area contributed by atoms with Crippen molar-refractivity contribution in [2.75, 3.05) is 4.43 Å². The number of nitrogens with zero attached hydrogens (tertiary/aromatic N) is 1. The van der Waals surface area contributed by atoms with Gasteiger partial charge < -0.3 is 0 Å². The fourth-order valence-electron chi connectivity index (χ4n) is 2.66. The van der Waals surface area contributed by atoms with E-state index in [1.54, 1.807) is 13.0 Å². The van der Waals surface area contributed by atoms with E-state index in [0.717, 1.165) is 27.4 Å². The summed E-state index contributed by atoms with van der Waals surface area (Å²) in [5.74, 6) is -0.0542. The first kappa shape index (κ1) is 17.4. The van der Waals surface area contributed by atoms with Gasteiger partial charge in [-0.15, -0.1) is 0 Å². The second-order valence-corrected chi connectivity index (χ2v) is 12.9. The van der Waals surface area contributed by atoms with Crippen LogP contribution in [0.15, 0.2) is 57.8 Å². The average Bonchev–Trinajstić information content (AvgIpc) is 2.58. The third-order valence-corrected chi connectivity index (χ3v) is 12.0. The molecule has 1 aliphatic heterocycles. The predicted octanol–water partition coefficient (Wildman–Crippen LogP) is 4.35. The summed E-state index contributed by atoms with van der Waals surface area (Å²) in [6.07, 6.45) is 2.90. The van der Waals surface area contributed by atoms with E-state index in [0.29, 0.717) is 5.56 Å².